The van der Waals surface area contributed by atoms with Crippen LogP contribution in [0.3, 0.4) is 0 Å². The van der Waals surface area contributed by atoms with E-state index in [1.165, 1.54) is 5.56 Å². The number of hydrogen-bond acceptors (Lipinski definition) is 3. The average molecular weight is 478 g/mol. The smallest absolute Gasteiger partial charge is 0.200 e. The maximum absolute atomic E-state index is 10.8. The number of benzene rings is 2. The summed E-state index contributed by atoms with van der Waals surface area (Å²) in [6.45, 7) is 0.854. The molecule has 1 unspecified atom stereocenters. The van der Waals surface area contributed by atoms with Crippen molar-refractivity contribution in [2.45, 2.75) is 13.0 Å². The zero-order valence-electron chi connectivity index (χ0n) is 16.5. The predicted octanol–water partition coefficient (Wildman–Crippen LogP) is 5.12. The van der Waals surface area contributed by atoms with E-state index in [2.05, 4.69) is 36.5 Å². The second-order valence-electron chi connectivity index (χ2n) is 8.23. The summed E-state index contributed by atoms with van der Waals surface area (Å²) in [4.78, 5) is 5.98. The minimum absolute atomic E-state index is 0.0682. The van der Waals surface area contributed by atoms with Crippen LogP contribution in [0.1, 0.15) is 5.56 Å². The van der Waals surface area contributed by atoms with Crippen LogP contribution in [0, 0.1) is 5.92 Å². The normalized spacial score (nSPS) is 15.9. The van der Waals surface area contributed by atoms with Gasteiger partial charge in [-0.15, -0.1) is 0 Å². The Balaban J connectivity index is 1.63. The fraction of sp³-hybridized carbons (Fsp3) is 0.167. The molecule has 5 N–H and O–H groups in total. The molecule has 0 radical (unpaired) electrons. The molecule has 1 atom stereocenters. The van der Waals surface area contributed by atoms with Crippen LogP contribution in [0.25, 0.3) is 44.1 Å². The van der Waals surface area contributed by atoms with Crippen LogP contribution in [0.5, 0.6) is 11.8 Å². The average Bonchev–Trinajstić information content (AvgIpc) is 3.41. The highest BCUT2D eigenvalue weighted by atomic mass is 79.9. The third-order valence-corrected chi connectivity index (χ3v) is 6.84. The molecule has 156 valence electrons. The summed E-state index contributed by atoms with van der Waals surface area (Å²) in [6.07, 6.45) is 4.70. The number of nitrogens with one attached hydrogen (secondary N) is 2. The van der Waals surface area contributed by atoms with E-state index in [4.69, 9.17) is 0 Å². The Bertz CT molecular complexity index is 1480. The zero-order valence-corrected chi connectivity index (χ0v) is 18.1. The van der Waals surface area contributed by atoms with E-state index in [9.17, 15) is 15.3 Å². The quantitative estimate of drug-likeness (QED) is 0.249. The first-order valence-electron chi connectivity index (χ1n) is 10.2. The van der Waals surface area contributed by atoms with Crippen molar-refractivity contribution < 1.29 is 15.3 Å². The van der Waals surface area contributed by atoms with E-state index in [1.807, 2.05) is 42.7 Å². The van der Waals surface area contributed by atoms with E-state index in [0.29, 0.717) is 11.1 Å². The molecule has 6 nitrogen and oxygen atoms in total. The van der Waals surface area contributed by atoms with Gasteiger partial charge in [-0.2, -0.15) is 0 Å². The van der Waals surface area contributed by atoms with Gasteiger partial charge in [0.2, 0.25) is 0 Å². The van der Waals surface area contributed by atoms with Crippen LogP contribution in [-0.2, 0) is 13.0 Å². The maximum atomic E-state index is 10.8. The number of aromatic amines is 2. The topological polar surface area (TPSA) is 97.2 Å². The van der Waals surface area contributed by atoms with Crippen molar-refractivity contribution in [3.63, 3.8) is 0 Å². The van der Waals surface area contributed by atoms with Gasteiger partial charge in [-0.3, -0.25) is 4.98 Å². The maximum Gasteiger partial charge on any atom is 0.200 e. The van der Waals surface area contributed by atoms with Crippen molar-refractivity contribution in [3.8, 4) is 34.0 Å². The number of H-pyrrole nitrogens is 2. The second-order valence-corrected chi connectivity index (χ2v) is 9.14. The Morgan fingerprint density at radius 2 is 1.84 bits per heavy atom. The number of halogens is 1. The summed E-state index contributed by atoms with van der Waals surface area (Å²) in [5.41, 5.74) is 6.04. The molecular weight excluding hydrogens is 458 g/mol. The molecule has 0 fully saturated rings. The van der Waals surface area contributed by atoms with Crippen LogP contribution in [0.4, 0.5) is 0 Å². The molecule has 1 aliphatic heterocycles. The van der Waals surface area contributed by atoms with E-state index >= 15 is 0 Å². The number of aliphatic hydroxyl groups is 1. The molecule has 31 heavy (non-hydrogen) atoms. The molecule has 0 bridgehead atoms. The largest absolute Gasteiger partial charge is 0.494 e. The molecule has 0 amide bonds. The van der Waals surface area contributed by atoms with Crippen molar-refractivity contribution >= 4 is 37.7 Å². The van der Waals surface area contributed by atoms with Crippen LogP contribution >= 0.6 is 15.9 Å². The lowest BCUT2D eigenvalue weighted by atomic mass is 9.93. The number of aliphatic hydroxyl groups excluding tert-OH is 1. The zero-order chi connectivity index (χ0) is 21.3. The minimum atomic E-state index is -0.0727. The first kappa shape index (κ1) is 18.6. The van der Waals surface area contributed by atoms with E-state index < -0.39 is 0 Å². The Hall–Kier alpha value is -3.16. The molecule has 3 aromatic heterocycles. The molecule has 2 aromatic carbocycles. The third-order valence-electron chi connectivity index (χ3n) is 6.35. The summed E-state index contributed by atoms with van der Waals surface area (Å²) in [5.74, 6) is 0.0240. The van der Waals surface area contributed by atoms with Crippen LogP contribution in [0.2, 0.25) is 0 Å². The molecule has 0 spiro atoms. The van der Waals surface area contributed by atoms with Gasteiger partial charge < -0.3 is 24.9 Å². The molecule has 4 heterocycles. The standard InChI is InChI=1S/C24H20BrN3O3/c25-14-4-5-15-17(8-26-19(15)7-14)20-21(24(31)27-23(20)30)18-10-28-9-12(11-29)6-13-2-1-3-16(18)22(13)28/h1-5,7-8,10,12,26-27,29-31H,6,9,11H2. The van der Waals surface area contributed by atoms with E-state index in [-0.39, 0.29) is 24.3 Å². The fourth-order valence-corrected chi connectivity index (χ4v) is 5.39. The second kappa shape index (κ2) is 6.67. The molecule has 7 heteroatoms. The first-order valence-corrected chi connectivity index (χ1v) is 11.0. The van der Waals surface area contributed by atoms with Gasteiger partial charge >= 0.3 is 0 Å². The number of nitrogens with zero attached hydrogens (tertiary/aromatic N) is 1. The van der Waals surface area contributed by atoms with Gasteiger partial charge in [-0.25, -0.2) is 0 Å². The summed E-state index contributed by atoms with van der Waals surface area (Å²) in [5, 5.41) is 33.3. The number of hydrogen-bond donors (Lipinski definition) is 5. The van der Waals surface area contributed by atoms with Crippen LogP contribution < -0.4 is 0 Å². The van der Waals surface area contributed by atoms with Gasteiger partial charge in [-0.05, 0) is 24.1 Å². The summed E-state index contributed by atoms with van der Waals surface area (Å²) in [7, 11) is 0. The third kappa shape index (κ3) is 2.66. The molecule has 0 saturated carbocycles. The molecule has 1 aliphatic rings. The number of aromatic hydroxyl groups is 2. The predicted molar refractivity (Wildman–Crippen MR) is 124 cm³/mol. The van der Waals surface area contributed by atoms with Gasteiger partial charge in [0.25, 0.3) is 0 Å². The fourth-order valence-electron chi connectivity index (χ4n) is 5.03. The molecule has 0 aliphatic carbocycles. The Morgan fingerprint density at radius 1 is 1.03 bits per heavy atom. The first-order chi connectivity index (χ1) is 15.0. The summed E-state index contributed by atoms with van der Waals surface area (Å²) < 4.78 is 3.12. The Kier molecular flexibility index (Phi) is 4.00. The number of aromatic nitrogens is 3. The molecular formula is C24H20BrN3O3. The lowest BCUT2D eigenvalue weighted by Gasteiger charge is -2.22. The highest BCUT2D eigenvalue weighted by Crippen LogP contribution is 2.49. The van der Waals surface area contributed by atoms with Gasteiger partial charge in [0.1, 0.15) is 0 Å². The highest BCUT2D eigenvalue weighted by molar-refractivity contribution is 9.10. The monoisotopic (exact) mass is 477 g/mol. The highest BCUT2D eigenvalue weighted by Gasteiger charge is 2.28. The number of para-hydroxylation sites is 1. The summed E-state index contributed by atoms with van der Waals surface area (Å²) >= 11 is 3.49. The molecule has 5 aromatic rings. The van der Waals surface area contributed by atoms with Gasteiger partial charge in [0, 0.05) is 63.4 Å². The minimum Gasteiger partial charge on any atom is -0.494 e. The van der Waals surface area contributed by atoms with Crippen molar-refractivity contribution in [2.24, 2.45) is 5.92 Å². The van der Waals surface area contributed by atoms with Crippen molar-refractivity contribution in [2.75, 3.05) is 6.61 Å². The van der Waals surface area contributed by atoms with Crippen LogP contribution in [-0.4, -0.2) is 36.5 Å². The van der Waals surface area contributed by atoms with E-state index in [1.54, 1.807) is 0 Å². The summed E-state index contributed by atoms with van der Waals surface area (Å²) in [6, 6.07) is 12.1. The van der Waals surface area contributed by atoms with Crippen molar-refractivity contribution in [3.05, 3.63) is 58.8 Å². The van der Waals surface area contributed by atoms with Gasteiger partial charge in [0.05, 0.1) is 16.6 Å². The number of rotatable bonds is 3. The van der Waals surface area contributed by atoms with Crippen molar-refractivity contribution in [1.82, 2.24) is 14.5 Å². The van der Waals surface area contributed by atoms with Gasteiger partial charge in [0.15, 0.2) is 11.8 Å². The molecule has 6 rings (SSSR count). The Labute approximate surface area is 185 Å². The Morgan fingerprint density at radius 3 is 2.65 bits per heavy atom. The van der Waals surface area contributed by atoms with Gasteiger partial charge in [-0.1, -0.05) is 40.2 Å². The molecule has 0 saturated heterocycles. The van der Waals surface area contributed by atoms with E-state index in [0.717, 1.165) is 50.4 Å². The van der Waals surface area contributed by atoms with Crippen LogP contribution in [0.15, 0.2) is 53.3 Å². The van der Waals surface area contributed by atoms with Crippen molar-refractivity contribution in [1.29, 1.82) is 0 Å². The number of fused-ring (bicyclic) bond motifs is 1. The SMILES string of the molecule is OCC1Cc2cccc3c(-c4c(O)[nH]c(O)c4-c4c[nH]c5cc(Br)ccc45)cn(c23)C1. The lowest BCUT2D eigenvalue weighted by molar-refractivity contribution is 0.208. The lowest BCUT2D eigenvalue weighted by Crippen LogP contribution is -2.21.